The van der Waals surface area contributed by atoms with Crippen molar-refractivity contribution >= 4 is 17.2 Å². The second kappa shape index (κ2) is 6.13. The number of fused-ring (bicyclic) bond motifs is 1. The van der Waals surface area contributed by atoms with Crippen molar-refractivity contribution < 1.29 is 4.79 Å². The molecule has 0 spiro atoms. The average Bonchev–Trinajstić information content (AvgIpc) is 3.10. The van der Waals surface area contributed by atoms with E-state index in [1.807, 2.05) is 35.3 Å². The number of nitrogens with zero attached hydrogens (tertiary/aromatic N) is 1. The fourth-order valence-corrected chi connectivity index (χ4v) is 4.19. The summed E-state index contributed by atoms with van der Waals surface area (Å²) < 4.78 is 0. The number of thiophene rings is 1. The van der Waals surface area contributed by atoms with Gasteiger partial charge in [-0.1, -0.05) is 36.9 Å². The highest BCUT2D eigenvalue weighted by Gasteiger charge is 2.33. The number of allylic oxidation sites excluding steroid dienone is 1. The van der Waals surface area contributed by atoms with E-state index >= 15 is 0 Å². The Morgan fingerprint density at radius 1 is 1.21 bits per heavy atom. The van der Waals surface area contributed by atoms with Crippen LogP contribution in [0.25, 0.3) is 0 Å². The van der Waals surface area contributed by atoms with Crippen LogP contribution in [-0.2, 0) is 11.2 Å². The fraction of sp³-hybridized carbons (Fsp3) is 0.150. The second-order valence-electron chi connectivity index (χ2n) is 5.96. The van der Waals surface area contributed by atoms with E-state index in [2.05, 4.69) is 35.5 Å². The first-order valence-electron chi connectivity index (χ1n) is 8.00. The molecule has 0 fully saturated rings. The number of amides is 1. The Hall–Kier alpha value is -2.59. The predicted octanol–water partition coefficient (Wildman–Crippen LogP) is 3.78. The molecule has 1 N–H and O–H groups in total. The molecule has 2 aliphatic heterocycles. The van der Waals surface area contributed by atoms with Gasteiger partial charge in [-0.25, -0.2) is 0 Å². The van der Waals surface area contributed by atoms with Gasteiger partial charge in [0.05, 0.1) is 11.6 Å². The zero-order chi connectivity index (χ0) is 16.5. The molecule has 0 aliphatic carbocycles. The monoisotopic (exact) mass is 334 g/mol. The van der Waals surface area contributed by atoms with Crippen LogP contribution >= 0.6 is 11.3 Å². The highest BCUT2D eigenvalue weighted by atomic mass is 32.1. The predicted molar refractivity (Wildman–Crippen MR) is 97.5 cm³/mol. The fourth-order valence-electron chi connectivity index (χ4n) is 3.29. The lowest BCUT2D eigenvalue weighted by Crippen LogP contribution is -2.41. The average molecular weight is 334 g/mol. The zero-order valence-corrected chi connectivity index (χ0v) is 14.1. The van der Waals surface area contributed by atoms with Crippen LogP contribution in [0.4, 0.5) is 0 Å². The minimum Gasteiger partial charge on any atom is -0.361 e. The summed E-state index contributed by atoms with van der Waals surface area (Å²) in [5.74, 6) is 0.0527. The summed E-state index contributed by atoms with van der Waals surface area (Å²) in [5, 5.41) is 5.16. The van der Waals surface area contributed by atoms with Crippen molar-refractivity contribution in [3.05, 3.63) is 94.0 Å². The molecule has 0 bridgehead atoms. The summed E-state index contributed by atoms with van der Waals surface area (Å²) in [4.78, 5) is 16.5. The third-order valence-electron chi connectivity index (χ3n) is 4.47. The number of dihydropyridines is 1. The largest absolute Gasteiger partial charge is 0.361 e. The molecule has 4 rings (SSSR count). The number of hydrogen-bond acceptors (Lipinski definition) is 3. The molecule has 1 amide bonds. The quantitative estimate of drug-likeness (QED) is 0.906. The summed E-state index contributed by atoms with van der Waals surface area (Å²) in [6.45, 7) is 4.57. The van der Waals surface area contributed by atoms with E-state index in [4.69, 9.17) is 0 Å². The van der Waals surface area contributed by atoms with E-state index in [0.717, 1.165) is 24.2 Å². The maximum absolute atomic E-state index is 13.1. The first-order chi connectivity index (χ1) is 11.7. The van der Waals surface area contributed by atoms with Gasteiger partial charge in [0.2, 0.25) is 0 Å². The third kappa shape index (κ3) is 2.59. The van der Waals surface area contributed by atoms with Gasteiger partial charge >= 0.3 is 0 Å². The summed E-state index contributed by atoms with van der Waals surface area (Å²) in [6, 6.07) is 12.4. The number of hydrogen-bond donors (Lipinski definition) is 1. The molecular formula is C20H18N2OS. The Morgan fingerprint density at radius 2 is 2.04 bits per heavy atom. The van der Waals surface area contributed by atoms with Crippen LogP contribution in [-0.4, -0.2) is 17.4 Å². The lowest BCUT2D eigenvalue weighted by atomic mass is 9.92. The highest BCUT2D eigenvalue weighted by molar-refractivity contribution is 7.10. The van der Waals surface area contributed by atoms with Crippen molar-refractivity contribution in [2.75, 3.05) is 6.54 Å². The Kier molecular flexibility index (Phi) is 3.82. The van der Waals surface area contributed by atoms with Gasteiger partial charge < -0.3 is 10.2 Å². The first kappa shape index (κ1) is 15.0. The summed E-state index contributed by atoms with van der Waals surface area (Å²) in [5.41, 5.74) is 3.87. The Labute approximate surface area is 145 Å². The number of nitrogens with one attached hydrogen (secondary N) is 1. The molecule has 3 nitrogen and oxygen atoms in total. The van der Waals surface area contributed by atoms with Crippen LogP contribution in [0.5, 0.6) is 0 Å². The Bertz CT molecular complexity index is 848. The molecule has 1 aromatic heterocycles. The van der Waals surface area contributed by atoms with E-state index in [-0.39, 0.29) is 11.9 Å². The molecule has 4 heteroatoms. The van der Waals surface area contributed by atoms with E-state index in [1.54, 1.807) is 17.5 Å². The lowest BCUT2D eigenvalue weighted by molar-refractivity contribution is -0.128. The van der Waals surface area contributed by atoms with Crippen molar-refractivity contribution in [2.45, 2.75) is 12.5 Å². The smallest absolute Gasteiger partial charge is 0.256 e. The van der Waals surface area contributed by atoms with Crippen LogP contribution in [0, 0.1) is 0 Å². The van der Waals surface area contributed by atoms with Gasteiger partial charge in [0, 0.05) is 23.3 Å². The normalized spacial score (nSPS) is 19.5. The topological polar surface area (TPSA) is 32.3 Å². The van der Waals surface area contributed by atoms with Crippen LogP contribution in [0.2, 0.25) is 0 Å². The van der Waals surface area contributed by atoms with Crippen molar-refractivity contribution in [2.24, 2.45) is 0 Å². The third-order valence-corrected chi connectivity index (χ3v) is 5.46. The van der Waals surface area contributed by atoms with Gasteiger partial charge in [-0.15, -0.1) is 11.3 Å². The van der Waals surface area contributed by atoms with Gasteiger partial charge in [-0.05, 0) is 41.1 Å². The number of rotatable bonds is 2. The maximum atomic E-state index is 13.1. The number of carbonyl (C=O) groups excluding carboxylic acids is 1. The first-order valence-corrected chi connectivity index (χ1v) is 8.88. The molecular weight excluding hydrogens is 316 g/mol. The standard InChI is InChI=1S/C20H18N2OS/c1-14-7-8-16(13-21-14)20(23)22-11-9-18-17(10-12-24-18)19(22)15-5-3-2-4-6-15/h2-8,10,12-13,19,21H,1,9,11H2. The molecule has 0 saturated heterocycles. The Balaban J connectivity index is 1.73. The van der Waals surface area contributed by atoms with Gasteiger partial charge in [0.25, 0.3) is 5.91 Å². The van der Waals surface area contributed by atoms with E-state index in [1.165, 1.54) is 10.4 Å². The van der Waals surface area contributed by atoms with E-state index in [0.29, 0.717) is 5.57 Å². The summed E-state index contributed by atoms with van der Waals surface area (Å²) in [6.07, 6.45) is 6.34. The van der Waals surface area contributed by atoms with Gasteiger partial charge in [-0.3, -0.25) is 4.79 Å². The second-order valence-corrected chi connectivity index (χ2v) is 6.96. The molecule has 2 aliphatic rings. The van der Waals surface area contributed by atoms with Crippen molar-refractivity contribution in [1.82, 2.24) is 10.2 Å². The summed E-state index contributed by atoms with van der Waals surface area (Å²) in [7, 11) is 0. The Morgan fingerprint density at radius 3 is 2.79 bits per heavy atom. The molecule has 24 heavy (non-hydrogen) atoms. The van der Waals surface area contributed by atoms with Crippen LogP contribution in [0.15, 0.2) is 78.0 Å². The molecule has 1 unspecified atom stereocenters. The highest BCUT2D eigenvalue weighted by Crippen LogP contribution is 2.38. The summed E-state index contributed by atoms with van der Waals surface area (Å²) >= 11 is 1.78. The maximum Gasteiger partial charge on any atom is 0.256 e. The molecule has 1 atom stereocenters. The lowest BCUT2D eigenvalue weighted by Gasteiger charge is -2.36. The molecule has 1 aromatic carbocycles. The molecule has 0 radical (unpaired) electrons. The van der Waals surface area contributed by atoms with E-state index < -0.39 is 0 Å². The minimum atomic E-state index is -0.0203. The van der Waals surface area contributed by atoms with Crippen LogP contribution in [0.1, 0.15) is 22.0 Å². The minimum absolute atomic E-state index is 0.0203. The van der Waals surface area contributed by atoms with Crippen LogP contribution in [0.3, 0.4) is 0 Å². The number of benzene rings is 1. The van der Waals surface area contributed by atoms with E-state index in [9.17, 15) is 4.79 Å². The van der Waals surface area contributed by atoms with Gasteiger partial charge in [-0.2, -0.15) is 0 Å². The molecule has 2 aromatic rings. The van der Waals surface area contributed by atoms with Crippen molar-refractivity contribution in [1.29, 1.82) is 0 Å². The van der Waals surface area contributed by atoms with Crippen molar-refractivity contribution in [3.8, 4) is 0 Å². The molecule has 120 valence electrons. The number of carbonyl (C=O) groups is 1. The SMILES string of the molecule is C=C1C=CC(C(=O)N2CCc3sccc3C2c2ccccc2)=CN1. The van der Waals surface area contributed by atoms with Gasteiger partial charge in [0.1, 0.15) is 0 Å². The molecule has 0 saturated carbocycles. The van der Waals surface area contributed by atoms with Crippen molar-refractivity contribution in [3.63, 3.8) is 0 Å². The van der Waals surface area contributed by atoms with Gasteiger partial charge in [0.15, 0.2) is 0 Å². The zero-order valence-electron chi connectivity index (χ0n) is 13.2. The van der Waals surface area contributed by atoms with Crippen LogP contribution < -0.4 is 5.32 Å². The molecule has 3 heterocycles.